The number of aldehydes is 1. The third-order valence-corrected chi connectivity index (χ3v) is 1.35. The average Bonchev–Trinajstić information content (AvgIpc) is 2.46. The summed E-state index contributed by atoms with van der Waals surface area (Å²) < 4.78 is 4.40. The Balaban J connectivity index is 3.38. The molecule has 1 aromatic heterocycles. The molecule has 0 atom stereocenters. The minimum Gasteiger partial charge on any atom is -0.478 e. The molecule has 0 amide bonds. The topological polar surface area (TPSA) is 105 Å². The quantitative estimate of drug-likeness (QED) is 0.662. The highest BCUT2D eigenvalue weighted by atomic mass is 16.4. The van der Waals surface area contributed by atoms with Crippen LogP contribution in [0.4, 0.5) is 0 Å². The number of hydrogen-bond donors (Lipinski definition) is 2. The Kier molecular flexibility index (Phi) is 2.14. The van der Waals surface area contributed by atoms with Gasteiger partial charge in [0.15, 0.2) is 6.29 Å². The second kappa shape index (κ2) is 3.10. The minimum absolute atomic E-state index is 0.222. The molecule has 6 heteroatoms. The molecule has 0 saturated heterocycles. The van der Waals surface area contributed by atoms with E-state index in [9.17, 15) is 14.4 Å². The van der Waals surface area contributed by atoms with Crippen molar-refractivity contribution in [3.63, 3.8) is 0 Å². The normalized spacial score (nSPS) is 9.54. The van der Waals surface area contributed by atoms with Crippen molar-refractivity contribution in [3.05, 3.63) is 23.2 Å². The van der Waals surface area contributed by atoms with Gasteiger partial charge in [0, 0.05) is 0 Å². The van der Waals surface area contributed by atoms with Crippen LogP contribution in [0.25, 0.3) is 0 Å². The first-order valence-electron chi connectivity index (χ1n) is 3.11. The second-order valence-electron chi connectivity index (χ2n) is 2.12. The lowest BCUT2D eigenvalue weighted by molar-refractivity contribution is 0.0625. The Morgan fingerprint density at radius 3 is 2.31 bits per heavy atom. The van der Waals surface area contributed by atoms with E-state index in [1.54, 1.807) is 0 Å². The second-order valence-corrected chi connectivity index (χ2v) is 2.12. The van der Waals surface area contributed by atoms with Gasteiger partial charge in [-0.2, -0.15) is 0 Å². The molecule has 1 heterocycles. The number of hydrogen-bond acceptors (Lipinski definition) is 4. The first kappa shape index (κ1) is 8.98. The van der Waals surface area contributed by atoms with E-state index in [-0.39, 0.29) is 11.8 Å². The van der Waals surface area contributed by atoms with Crippen LogP contribution in [0.15, 0.2) is 10.7 Å². The molecule has 0 unspecified atom stereocenters. The van der Waals surface area contributed by atoms with Gasteiger partial charge in [-0.25, -0.2) is 9.59 Å². The Morgan fingerprint density at radius 2 is 1.92 bits per heavy atom. The lowest BCUT2D eigenvalue weighted by atomic mass is 10.1. The first-order valence-corrected chi connectivity index (χ1v) is 3.11. The summed E-state index contributed by atoms with van der Waals surface area (Å²) in [5, 5.41) is 17.0. The number of carbonyl (C=O) groups is 3. The molecule has 1 aromatic rings. The monoisotopic (exact) mass is 184 g/mol. The van der Waals surface area contributed by atoms with Crippen molar-refractivity contribution in [1.29, 1.82) is 0 Å². The van der Waals surface area contributed by atoms with Crippen molar-refractivity contribution in [2.75, 3.05) is 0 Å². The Morgan fingerprint density at radius 1 is 1.31 bits per heavy atom. The van der Waals surface area contributed by atoms with Gasteiger partial charge in [0.25, 0.3) is 0 Å². The molecule has 68 valence electrons. The highest BCUT2D eigenvalue weighted by Gasteiger charge is 2.24. The van der Waals surface area contributed by atoms with Crippen molar-refractivity contribution in [2.45, 2.75) is 0 Å². The fourth-order valence-corrected chi connectivity index (χ4v) is 0.836. The molecule has 0 radical (unpaired) electrons. The van der Waals surface area contributed by atoms with Gasteiger partial charge in [-0.15, -0.1) is 0 Å². The zero-order chi connectivity index (χ0) is 10.0. The Bertz CT molecular complexity index is 374. The van der Waals surface area contributed by atoms with E-state index >= 15 is 0 Å². The summed E-state index contributed by atoms with van der Waals surface area (Å²) >= 11 is 0. The summed E-state index contributed by atoms with van der Waals surface area (Å²) in [6.45, 7) is 0. The van der Waals surface area contributed by atoms with Gasteiger partial charge in [-0.3, -0.25) is 4.79 Å². The molecule has 0 saturated carbocycles. The van der Waals surface area contributed by atoms with Crippen LogP contribution in [-0.4, -0.2) is 28.4 Å². The van der Waals surface area contributed by atoms with Crippen LogP contribution < -0.4 is 0 Å². The smallest absolute Gasteiger partial charge is 0.372 e. The van der Waals surface area contributed by atoms with Gasteiger partial charge in [-0.05, 0) is 0 Å². The number of rotatable bonds is 3. The van der Waals surface area contributed by atoms with E-state index in [0.717, 1.165) is 6.26 Å². The molecular weight excluding hydrogens is 180 g/mol. The zero-order valence-electron chi connectivity index (χ0n) is 6.18. The number of furan rings is 1. The molecule has 1 rings (SSSR count). The average molecular weight is 184 g/mol. The largest absolute Gasteiger partial charge is 0.478 e. The Labute approximate surface area is 71.4 Å². The molecule has 0 aliphatic rings. The highest BCUT2D eigenvalue weighted by Crippen LogP contribution is 2.15. The van der Waals surface area contributed by atoms with Crippen LogP contribution in [-0.2, 0) is 0 Å². The van der Waals surface area contributed by atoms with E-state index in [1.807, 2.05) is 0 Å². The van der Waals surface area contributed by atoms with Gasteiger partial charge in [0.2, 0.25) is 5.76 Å². The SMILES string of the molecule is O=Cc1coc(C(=O)O)c1C(=O)O. The molecular formula is C7H4O6. The van der Waals surface area contributed by atoms with Crippen LogP contribution in [0.2, 0.25) is 0 Å². The molecule has 0 spiro atoms. The molecule has 6 nitrogen and oxygen atoms in total. The standard InChI is InChI=1S/C7H4O6/c8-1-3-2-13-5(7(11)12)4(3)6(9)10/h1-2H,(H,9,10)(H,11,12). The van der Waals surface area contributed by atoms with Crippen molar-refractivity contribution >= 4 is 18.2 Å². The van der Waals surface area contributed by atoms with E-state index in [4.69, 9.17) is 10.2 Å². The molecule has 13 heavy (non-hydrogen) atoms. The summed E-state index contributed by atoms with van der Waals surface area (Å²) in [6, 6.07) is 0. The van der Waals surface area contributed by atoms with Crippen LogP contribution in [0.3, 0.4) is 0 Å². The lowest BCUT2D eigenvalue weighted by Gasteiger charge is -1.91. The molecule has 2 N–H and O–H groups in total. The fraction of sp³-hybridized carbons (Fsp3) is 0. The summed E-state index contributed by atoms with van der Waals surface area (Å²) in [4.78, 5) is 31.1. The lowest BCUT2D eigenvalue weighted by Crippen LogP contribution is -2.06. The molecule has 0 aliphatic heterocycles. The number of carboxylic acid groups (broad SMARTS) is 2. The van der Waals surface area contributed by atoms with Crippen LogP contribution in [0, 0.1) is 0 Å². The van der Waals surface area contributed by atoms with E-state index in [1.165, 1.54) is 0 Å². The third kappa shape index (κ3) is 1.41. The predicted molar refractivity (Wildman–Crippen MR) is 38.0 cm³/mol. The maximum absolute atomic E-state index is 10.5. The number of carbonyl (C=O) groups excluding carboxylic acids is 1. The fourth-order valence-electron chi connectivity index (χ4n) is 0.836. The van der Waals surface area contributed by atoms with E-state index < -0.39 is 23.3 Å². The summed E-state index contributed by atoms with van der Waals surface area (Å²) in [5.74, 6) is -3.77. The van der Waals surface area contributed by atoms with Crippen molar-refractivity contribution in [3.8, 4) is 0 Å². The molecule has 0 aliphatic carbocycles. The van der Waals surface area contributed by atoms with Gasteiger partial charge >= 0.3 is 11.9 Å². The minimum atomic E-state index is -1.52. The van der Waals surface area contributed by atoms with E-state index in [2.05, 4.69) is 4.42 Å². The van der Waals surface area contributed by atoms with Crippen molar-refractivity contribution in [1.82, 2.24) is 0 Å². The number of aromatic carboxylic acids is 2. The maximum atomic E-state index is 10.5. The third-order valence-electron chi connectivity index (χ3n) is 1.35. The summed E-state index contributed by atoms with van der Waals surface area (Å²) in [6.07, 6.45) is 1.01. The van der Waals surface area contributed by atoms with Crippen LogP contribution >= 0.6 is 0 Å². The maximum Gasteiger partial charge on any atom is 0.372 e. The number of carboxylic acids is 2. The molecule has 0 fully saturated rings. The zero-order valence-corrected chi connectivity index (χ0v) is 6.18. The van der Waals surface area contributed by atoms with Gasteiger partial charge < -0.3 is 14.6 Å². The highest BCUT2D eigenvalue weighted by molar-refractivity contribution is 6.05. The van der Waals surface area contributed by atoms with E-state index in [0.29, 0.717) is 0 Å². The first-order chi connectivity index (χ1) is 6.07. The summed E-state index contributed by atoms with van der Waals surface area (Å²) in [5.41, 5.74) is -0.910. The van der Waals surface area contributed by atoms with Gasteiger partial charge in [-0.1, -0.05) is 0 Å². The van der Waals surface area contributed by atoms with Gasteiger partial charge in [0.05, 0.1) is 5.56 Å². The van der Waals surface area contributed by atoms with Crippen molar-refractivity contribution in [2.24, 2.45) is 0 Å². The van der Waals surface area contributed by atoms with Crippen LogP contribution in [0.1, 0.15) is 31.3 Å². The Hall–Kier alpha value is -2.11. The summed E-state index contributed by atoms with van der Waals surface area (Å²) in [7, 11) is 0. The van der Waals surface area contributed by atoms with Crippen LogP contribution in [0.5, 0.6) is 0 Å². The predicted octanol–water partition coefficient (Wildman–Crippen LogP) is 0.489. The molecule has 0 aromatic carbocycles. The molecule has 0 bridgehead atoms. The van der Waals surface area contributed by atoms with Crippen molar-refractivity contribution < 1.29 is 29.0 Å². The van der Waals surface area contributed by atoms with Gasteiger partial charge in [0.1, 0.15) is 11.8 Å².